The number of hydrogen-bond acceptors (Lipinski definition) is 3. The Morgan fingerprint density at radius 3 is 2.67 bits per heavy atom. The van der Waals surface area contributed by atoms with Crippen molar-refractivity contribution in [1.29, 1.82) is 0 Å². The van der Waals surface area contributed by atoms with Crippen molar-refractivity contribution in [2.45, 2.75) is 37.6 Å². The van der Waals surface area contributed by atoms with Crippen LogP contribution in [0.1, 0.15) is 31.2 Å². The average molecular weight is 356 g/mol. The van der Waals surface area contributed by atoms with Crippen molar-refractivity contribution in [2.75, 3.05) is 7.11 Å². The summed E-state index contributed by atoms with van der Waals surface area (Å²) in [6.07, 6.45) is 2.55. The van der Waals surface area contributed by atoms with Crippen LogP contribution in [0.3, 0.4) is 0 Å². The van der Waals surface area contributed by atoms with Gasteiger partial charge < -0.3 is 15.2 Å². The summed E-state index contributed by atoms with van der Waals surface area (Å²) in [5.74, 6) is -0.406. The lowest BCUT2D eigenvalue weighted by molar-refractivity contribution is -0.140. The number of rotatable bonds is 6. The van der Waals surface area contributed by atoms with Gasteiger partial charge in [0.15, 0.2) is 0 Å². The molecule has 0 saturated heterocycles. The Hall–Kier alpha value is -1.56. The Labute approximate surface area is 131 Å². The van der Waals surface area contributed by atoms with Crippen molar-refractivity contribution in [3.8, 4) is 5.75 Å². The van der Waals surface area contributed by atoms with Gasteiger partial charge in [0.25, 0.3) is 0 Å². The highest BCUT2D eigenvalue weighted by molar-refractivity contribution is 9.10. The number of carboxylic acids is 1. The number of aliphatic carboxylic acids is 1. The van der Waals surface area contributed by atoms with E-state index >= 15 is 0 Å². The Bertz CT molecular complexity index is 555. The minimum absolute atomic E-state index is 0.0195. The summed E-state index contributed by atoms with van der Waals surface area (Å²) < 4.78 is 6.11. The van der Waals surface area contributed by atoms with E-state index in [1.54, 1.807) is 13.2 Å². The molecule has 2 rings (SSSR count). The molecule has 0 atom stereocenters. The summed E-state index contributed by atoms with van der Waals surface area (Å²) in [7, 11) is 1.56. The number of halogens is 1. The first-order chi connectivity index (χ1) is 9.94. The average Bonchev–Trinajstić information content (AvgIpc) is 2.35. The number of carbonyl (C=O) groups is 2. The van der Waals surface area contributed by atoms with Crippen molar-refractivity contribution in [2.24, 2.45) is 0 Å². The zero-order valence-electron chi connectivity index (χ0n) is 11.8. The van der Waals surface area contributed by atoms with Crippen molar-refractivity contribution in [3.63, 3.8) is 0 Å². The lowest BCUT2D eigenvalue weighted by Crippen LogP contribution is -2.55. The van der Waals surface area contributed by atoms with Gasteiger partial charge >= 0.3 is 5.97 Å². The Morgan fingerprint density at radius 1 is 1.43 bits per heavy atom. The van der Waals surface area contributed by atoms with E-state index in [0.29, 0.717) is 5.75 Å². The molecule has 114 valence electrons. The van der Waals surface area contributed by atoms with Gasteiger partial charge in [0, 0.05) is 10.0 Å². The van der Waals surface area contributed by atoms with Gasteiger partial charge in [-0.3, -0.25) is 9.59 Å². The molecular formula is C15H18BrNO4. The van der Waals surface area contributed by atoms with Crippen LogP contribution in [-0.4, -0.2) is 29.6 Å². The molecule has 0 aliphatic heterocycles. The predicted molar refractivity (Wildman–Crippen MR) is 81.4 cm³/mol. The molecule has 0 unspecified atom stereocenters. The molecule has 1 amide bonds. The topological polar surface area (TPSA) is 75.6 Å². The van der Waals surface area contributed by atoms with Gasteiger partial charge in [-0.15, -0.1) is 0 Å². The van der Waals surface area contributed by atoms with Crippen molar-refractivity contribution >= 4 is 27.8 Å². The van der Waals surface area contributed by atoms with E-state index in [4.69, 9.17) is 9.84 Å². The van der Waals surface area contributed by atoms with Gasteiger partial charge in [0.05, 0.1) is 25.5 Å². The maximum Gasteiger partial charge on any atom is 0.305 e. The molecule has 0 spiro atoms. The predicted octanol–water partition coefficient (Wildman–Crippen LogP) is 2.51. The highest BCUT2D eigenvalue weighted by atomic mass is 79.9. The summed E-state index contributed by atoms with van der Waals surface area (Å²) in [6, 6.07) is 5.48. The van der Waals surface area contributed by atoms with E-state index < -0.39 is 11.5 Å². The fourth-order valence-corrected chi connectivity index (χ4v) is 3.05. The molecule has 0 heterocycles. The third-order valence-electron chi connectivity index (χ3n) is 3.80. The number of carboxylic acid groups (broad SMARTS) is 1. The standard InChI is InChI=1S/C15H18BrNO4/c1-21-12-4-3-11(16)7-10(12)8-13(18)17-15(5-2-6-15)9-14(19)20/h3-4,7H,2,5-6,8-9H2,1H3,(H,17,18)(H,19,20). The third kappa shape index (κ3) is 3.97. The fraction of sp³-hybridized carbons (Fsp3) is 0.467. The van der Waals surface area contributed by atoms with E-state index in [1.807, 2.05) is 12.1 Å². The zero-order chi connectivity index (χ0) is 15.5. The Kier molecular flexibility index (Phi) is 4.88. The second-order valence-corrected chi connectivity index (χ2v) is 6.30. The molecule has 0 aromatic heterocycles. The highest BCUT2D eigenvalue weighted by Crippen LogP contribution is 2.35. The zero-order valence-corrected chi connectivity index (χ0v) is 13.4. The number of carbonyl (C=O) groups excluding carboxylic acids is 1. The Morgan fingerprint density at radius 2 is 2.14 bits per heavy atom. The first-order valence-corrected chi connectivity index (χ1v) is 7.59. The number of methoxy groups -OCH3 is 1. The van der Waals surface area contributed by atoms with E-state index in [2.05, 4.69) is 21.2 Å². The van der Waals surface area contributed by atoms with Crippen LogP contribution < -0.4 is 10.1 Å². The molecule has 1 saturated carbocycles. The monoisotopic (exact) mass is 355 g/mol. The molecule has 2 N–H and O–H groups in total. The maximum atomic E-state index is 12.2. The molecule has 1 fully saturated rings. The second kappa shape index (κ2) is 6.47. The number of benzene rings is 1. The number of amides is 1. The van der Waals surface area contributed by atoms with Crippen LogP contribution in [0.15, 0.2) is 22.7 Å². The second-order valence-electron chi connectivity index (χ2n) is 5.39. The van der Waals surface area contributed by atoms with E-state index in [-0.39, 0.29) is 18.7 Å². The summed E-state index contributed by atoms with van der Waals surface area (Å²) in [4.78, 5) is 23.1. The fourth-order valence-electron chi connectivity index (χ4n) is 2.64. The normalized spacial score (nSPS) is 15.9. The van der Waals surface area contributed by atoms with Gasteiger partial charge in [-0.25, -0.2) is 0 Å². The Balaban J connectivity index is 2.04. The first-order valence-electron chi connectivity index (χ1n) is 6.79. The van der Waals surface area contributed by atoms with Crippen LogP contribution in [0, 0.1) is 0 Å². The smallest absolute Gasteiger partial charge is 0.305 e. The SMILES string of the molecule is COc1ccc(Br)cc1CC(=O)NC1(CC(=O)O)CCC1. The lowest BCUT2D eigenvalue weighted by atomic mass is 9.74. The third-order valence-corrected chi connectivity index (χ3v) is 4.29. The van der Waals surface area contributed by atoms with E-state index in [0.717, 1.165) is 29.3 Å². The van der Waals surface area contributed by atoms with Crippen LogP contribution in [0.4, 0.5) is 0 Å². The molecule has 21 heavy (non-hydrogen) atoms. The van der Waals surface area contributed by atoms with Gasteiger partial charge in [-0.2, -0.15) is 0 Å². The molecular weight excluding hydrogens is 338 g/mol. The van der Waals surface area contributed by atoms with Crippen LogP contribution in [0.5, 0.6) is 5.75 Å². The van der Waals surface area contributed by atoms with E-state index in [1.165, 1.54) is 0 Å². The highest BCUT2D eigenvalue weighted by Gasteiger charge is 2.40. The summed E-state index contributed by atoms with van der Waals surface area (Å²) in [5.41, 5.74) is 0.205. The lowest BCUT2D eigenvalue weighted by Gasteiger charge is -2.41. The van der Waals surface area contributed by atoms with Crippen molar-refractivity contribution in [3.05, 3.63) is 28.2 Å². The largest absolute Gasteiger partial charge is 0.496 e. The molecule has 1 aromatic rings. The molecule has 1 aromatic carbocycles. The quantitative estimate of drug-likeness (QED) is 0.821. The van der Waals surface area contributed by atoms with Gasteiger partial charge in [-0.1, -0.05) is 15.9 Å². The van der Waals surface area contributed by atoms with Crippen LogP contribution in [0.25, 0.3) is 0 Å². The van der Waals surface area contributed by atoms with Crippen molar-refractivity contribution in [1.82, 2.24) is 5.32 Å². The number of ether oxygens (including phenoxy) is 1. The number of nitrogens with one attached hydrogen (secondary N) is 1. The maximum absolute atomic E-state index is 12.2. The summed E-state index contributed by atoms with van der Waals surface area (Å²) in [5, 5.41) is 11.8. The minimum atomic E-state index is -0.880. The number of hydrogen-bond donors (Lipinski definition) is 2. The van der Waals surface area contributed by atoms with Gasteiger partial charge in [0.1, 0.15) is 5.75 Å². The van der Waals surface area contributed by atoms with Crippen LogP contribution >= 0.6 is 15.9 Å². The summed E-state index contributed by atoms with van der Waals surface area (Å²) in [6.45, 7) is 0. The molecule has 1 aliphatic carbocycles. The minimum Gasteiger partial charge on any atom is -0.496 e. The molecule has 6 heteroatoms. The van der Waals surface area contributed by atoms with Crippen molar-refractivity contribution < 1.29 is 19.4 Å². The summed E-state index contributed by atoms with van der Waals surface area (Å²) >= 11 is 3.37. The van der Waals surface area contributed by atoms with Gasteiger partial charge in [-0.05, 0) is 37.5 Å². The van der Waals surface area contributed by atoms with Crippen LogP contribution in [-0.2, 0) is 16.0 Å². The molecule has 0 bridgehead atoms. The molecule has 1 aliphatic rings. The van der Waals surface area contributed by atoms with E-state index in [9.17, 15) is 9.59 Å². The van der Waals surface area contributed by atoms with Gasteiger partial charge in [0.2, 0.25) is 5.91 Å². The van der Waals surface area contributed by atoms with Crippen LogP contribution in [0.2, 0.25) is 0 Å². The molecule has 0 radical (unpaired) electrons. The first kappa shape index (κ1) is 15.8. The molecule has 5 nitrogen and oxygen atoms in total.